The number of fused-ring (bicyclic) bond motifs is 1. The van der Waals surface area contributed by atoms with Crippen molar-refractivity contribution in [2.75, 3.05) is 5.32 Å². The predicted octanol–water partition coefficient (Wildman–Crippen LogP) is 1.41. The van der Waals surface area contributed by atoms with Gasteiger partial charge in [0, 0.05) is 11.7 Å². The molecule has 3 heteroatoms. The highest BCUT2D eigenvalue weighted by molar-refractivity contribution is 5.71. The van der Waals surface area contributed by atoms with Crippen molar-refractivity contribution in [3.8, 4) is 0 Å². The summed E-state index contributed by atoms with van der Waals surface area (Å²) < 4.78 is 0. The van der Waals surface area contributed by atoms with E-state index in [-0.39, 0.29) is 6.04 Å². The molecule has 3 N–H and O–H groups in total. The average Bonchev–Trinajstić information content (AvgIpc) is 2.29. The predicted molar refractivity (Wildman–Crippen MR) is 61.5 cm³/mol. The van der Waals surface area contributed by atoms with Crippen LogP contribution in [0.25, 0.3) is 6.08 Å². The van der Waals surface area contributed by atoms with Crippen molar-refractivity contribution in [1.29, 1.82) is 0 Å². The molecule has 1 aromatic rings. The zero-order chi connectivity index (χ0) is 10.7. The summed E-state index contributed by atoms with van der Waals surface area (Å²) in [6, 6.07) is 7.83. The van der Waals surface area contributed by atoms with Gasteiger partial charge in [0.25, 0.3) is 0 Å². The second-order valence-electron chi connectivity index (χ2n) is 3.73. The lowest BCUT2D eigenvalue weighted by Gasteiger charge is -2.23. The lowest BCUT2D eigenvalue weighted by atomic mass is 10.0. The smallest absolute Gasteiger partial charge is 0.136 e. The minimum absolute atomic E-state index is 0.153. The van der Waals surface area contributed by atoms with Gasteiger partial charge in [-0.05, 0) is 18.1 Å². The fraction of sp³-hybridized carbons (Fsp3) is 0.250. The van der Waals surface area contributed by atoms with E-state index in [0.717, 1.165) is 12.0 Å². The van der Waals surface area contributed by atoms with Gasteiger partial charge in [-0.25, -0.2) is 0 Å². The van der Waals surface area contributed by atoms with Crippen molar-refractivity contribution in [3.05, 3.63) is 35.9 Å². The molecule has 0 spiro atoms. The summed E-state index contributed by atoms with van der Waals surface area (Å²) in [5, 5.41) is 3.34. The van der Waals surface area contributed by atoms with Crippen LogP contribution in [0.4, 0.5) is 5.69 Å². The van der Waals surface area contributed by atoms with Gasteiger partial charge in [-0.1, -0.05) is 30.4 Å². The van der Waals surface area contributed by atoms with Crippen LogP contribution in [0.3, 0.4) is 0 Å². The maximum Gasteiger partial charge on any atom is 0.136 e. The highest BCUT2D eigenvalue weighted by atomic mass is 16.1. The third-order valence-corrected chi connectivity index (χ3v) is 2.51. The van der Waals surface area contributed by atoms with Crippen LogP contribution in [0.5, 0.6) is 0 Å². The summed E-state index contributed by atoms with van der Waals surface area (Å²) in [6.45, 7) is 0. The maximum absolute atomic E-state index is 10.4. The molecule has 78 valence electrons. The van der Waals surface area contributed by atoms with E-state index in [1.807, 2.05) is 24.3 Å². The molecule has 0 radical (unpaired) electrons. The molecule has 0 saturated carbocycles. The number of hydrogen-bond donors (Lipinski definition) is 2. The Labute approximate surface area is 89.0 Å². The van der Waals surface area contributed by atoms with Crippen molar-refractivity contribution < 1.29 is 4.79 Å². The van der Waals surface area contributed by atoms with Crippen molar-refractivity contribution in [2.24, 2.45) is 5.73 Å². The lowest BCUT2D eigenvalue weighted by molar-refractivity contribution is -0.109. The molecule has 1 aliphatic heterocycles. The van der Waals surface area contributed by atoms with E-state index in [2.05, 4.69) is 17.5 Å². The summed E-state index contributed by atoms with van der Waals surface area (Å²) in [6.07, 6.45) is 5.53. The van der Waals surface area contributed by atoms with Gasteiger partial charge in [0.05, 0.1) is 6.04 Å². The van der Waals surface area contributed by atoms with Crippen LogP contribution >= 0.6 is 0 Å². The fourth-order valence-corrected chi connectivity index (χ4v) is 1.73. The normalized spacial score (nSPS) is 20.2. The number of rotatable bonds is 3. The van der Waals surface area contributed by atoms with Gasteiger partial charge in [0.15, 0.2) is 0 Å². The van der Waals surface area contributed by atoms with E-state index < -0.39 is 6.04 Å². The Balaban J connectivity index is 2.09. The number of carbonyl (C=O) groups excluding carboxylic acids is 1. The first-order valence-electron chi connectivity index (χ1n) is 5.04. The molecule has 15 heavy (non-hydrogen) atoms. The molecule has 0 amide bonds. The first-order chi connectivity index (χ1) is 7.29. The first-order valence-corrected chi connectivity index (χ1v) is 5.04. The van der Waals surface area contributed by atoms with Gasteiger partial charge in [-0.3, -0.25) is 0 Å². The monoisotopic (exact) mass is 202 g/mol. The Kier molecular flexibility index (Phi) is 2.83. The summed E-state index contributed by atoms with van der Waals surface area (Å²) in [4.78, 5) is 10.4. The number of para-hydroxylation sites is 1. The lowest BCUT2D eigenvalue weighted by Crippen LogP contribution is -2.31. The van der Waals surface area contributed by atoms with Gasteiger partial charge in [0.1, 0.15) is 6.29 Å². The second-order valence-corrected chi connectivity index (χ2v) is 3.73. The standard InChI is InChI=1S/C12H14N2O/c13-10(8-15)7-11-6-5-9-3-1-2-4-12(9)14-11/h1-6,8,10-11,14H,7,13H2/t10-,11?/m0/s1. The molecule has 1 aromatic carbocycles. The third kappa shape index (κ3) is 2.25. The van der Waals surface area contributed by atoms with E-state index in [1.165, 1.54) is 5.56 Å². The average molecular weight is 202 g/mol. The highest BCUT2D eigenvalue weighted by Gasteiger charge is 2.14. The van der Waals surface area contributed by atoms with E-state index in [4.69, 9.17) is 5.73 Å². The highest BCUT2D eigenvalue weighted by Crippen LogP contribution is 2.23. The molecular weight excluding hydrogens is 188 g/mol. The molecule has 2 atom stereocenters. The van der Waals surface area contributed by atoms with Crippen molar-refractivity contribution in [3.63, 3.8) is 0 Å². The van der Waals surface area contributed by atoms with Crippen molar-refractivity contribution in [2.45, 2.75) is 18.5 Å². The van der Waals surface area contributed by atoms with Gasteiger partial charge >= 0.3 is 0 Å². The number of carbonyl (C=O) groups is 1. The number of hydrogen-bond acceptors (Lipinski definition) is 3. The van der Waals surface area contributed by atoms with Gasteiger partial charge in [-0.15, -0.1) is 0 Å². The number of anilines is 1. The Bertz CT molecular complexity index is 387. The molecular formula is C12H14N2O. The SMILES string of the molecule is N[C@H](C=O)CC1C=Cc2ccccc2N1. The van der Waals surface area contributed by atoms with Crippen LogP contribution in [0.15, 0.2) is 30.3 Å². The Morgan fingerprint density at radius 2 is 2.27 bits per heavy atom. The topological polar surface area (TPSA) is 55.1 Å². The molecule has 1 unspecified atom stereocenters. The maximum atomic E-state index is 10.4. The van der Waals surface area contributed by atoms with Crippen LogP contribution in [-0.4, -0.2) is 18.4 Å². The molecule has 1 heterocycles. The molecule has 3 nitrogen and oxygen atoms in total. The van der Waals surface area contributed by atoms with Crippen LogP contribution < -0.4 is 11.1 Å². The zero-order valence-corrected chi connectivity index (χ0v) is 8.39. The fourth-order valence-electron chi connectivity index (χ4n) is 1.73. The number of benzene rings is 1. The van der Waals surface area contributed by atoms with Gasteiger partial charge in [-0.2, -0.15) is 0 Å². The Hall–Kier alpha value is -1.61. The Morgan fingerprint density at radius 1 is 1.47 bits per heavy atom. The van der Waals surface area contributed by atoms with Crippen molar-refractivity contribution in [1.82, 2.24) is 0 Å². The minimum Gasteiger partial charge on any atom is -0.378 e. The number of aldehydes is 1. The molecule has 0 saturated heterocycles. The minimum atomic E-state index is -0.391. The summed E-state index contributed by atoms with van der Waals surface area (Å²) in [5.74, 6) is 0. The molecule has 0 fully saturated rings. The van der Waals surface area contributed by atoms with Gasteiger partial charge in [0.2, 0.25) is 0 Å². The zero-order valence-electron chi connectivity index (χ0n) is 8.39. The molecule has 2 rings (SSSR count). The van der Waals surface area contributed by atoms with Crippen LogP contribution in [0, 0.1) is 0 Å². The first kappa shape index (κ1) is 9.93. The third-order valence-electron chi connectivity index (χ3n) is 2.51. The molecule has 0 bridgehead atoms. The second kappa shape index (κ2) is 4.28. The molecule has 0 aliphatic carbocycles. The quantitative estimate of drug-likeness (QED) is 0.729. The largest absolute Gasteiger partial charge is 0.378 e. The van der Waals surface area contributed by atoms with Crippen LogP contribution in [0.1, 0.15) is 12.0 Å². The van der Waals surface area contributed by atoms with E-state index in [9.17, 15) is 4.79 Å². The summed E-state index contributed by atoms with van der Waals surface area (Å²) in [7, 11) is 0. The summed E-state index contributed by atoms with van der Waals surface area (Å²) >= 11 is 0. The molecule has 1 aliphatic rings. The van der Waals surface area contributed by atoms with Crippen LogP contribution in [0.2, 0.25) is 0 Å². The molecule has 0 aromatic heterocycles. The van der Waals surface area contributed by atoms with E-state index >= 15 is 0 Å². The Morgan fingerprint density at radius 3 is 3.07 bits per heavy atom. The number of nitrogens with one attached hydrogen (secondary N) is 1. The van der Waals surface area contributed by atoms with Crippen LogP contribution in [-0.2, 0) is 4.79 Å². The van der Waals surface area contributed by atoms with E-state index in [1.54, 1.807) is 0 Å². The number of nitrogens with two attached hydrogens (primary N) is 1. The summed E-state index contributed by atoms with van der Waals surface area (Å²) in [5.41, 5.74) is 7.86. The van der Waals surface area contributed by atoms with Crippen molar-refractivity contribution >= 4 is 18.0 Å². The van der Waals surface area contributed by atoms with E-state index in [0.29, 0.717) is 6.42 Å². The van der Waals surface area contributed by atoms with Gasteiger partial charge < -0.3 is 15.8 Å².